The topological polar surface area (TPSA) is 57.7 Å². The third kappa shape index (κ3) is 4.53. The Bertz CT molecular complexity index is 879. The highest BCUT2D eigenvalue weighted by molar-refractivity contribution is 7.13. The summed E-state index contributed by atoms with van der Waals surface area (Å²) >= 11 is 7.37. The lowest BCUT2D eigenvalue weighted by Crippen LogP contribution is -2.12. The monoisotopic (exact) mass is 389 g/mol. The Kier molecular flexibility index (Phi) is 6.09. The Morgan fingerprint density at radius 2 is 1.88 bits per heavy atom. The van der Waals surface area contributed by atoms with E-state index in [0.717, 1.165) is 16.3 Å². The van der Waals surface area contributed by atoms with Gasteiger partial charge in [-0.15, -0.1) is 11.3 Å². The highest BCUT2D eigenvalue weighted by Gasteiger charge is 2.13. The predicted molar refractivity (Wildman–Crippen MR) is 101 cm³/mol. The summed E-state index contributed by atoms with van der Waals surface area (Å²) in [4.78, 5) is 16.4. The van der Waals surface area contributed by atoms with Gasteiger partial charge in [-0.25, -0.2) is 9.78 Å². The van der Waals surface area contributed by atoms with E-state index in [2.05, 4.69) is 4.98 Å². The molecule has 0 atom stereocenters. The van der Waals surface area contributed by atoms with E-state index in [1.54, 1.807) is 24.6 Å². The second-order valence-electron chi connectivity index (χ2n) is 5.18. The lowest BCUT2D eigenvalue weighted by Gasteiger charge is -2.07. The number of hydrogen-bond acceptors (Lipinski definition) is 6. The number of para-hydroxylation sites is 1. The zero-order valence-electron chi connectivity index (χ0n) is 14.0. The van der Waals surface area contributed by atoms with Crippen molar-refractivity contribution in [1.29, 1.82) is 0 Å². The third-order valence-electron chi connectivity index (χ3n) is 3.46. The van der Waals surface area contributed by atoms with Crippen molar-refractivity contribution in [2.75, 3.05) is 20.3 Å². The van der Waals surface area contributed by atoms with Gasteiger partial charge in [0, 0.05) is 10.9 Å². The third-order valence-corrected chi connectivity index (χ3v) is 4.66. The molecule has 5 nitrogen and oxygen atoms in total. The van der Waals surface area contributed by atoms with Crippen LogP contribution in [0, 0.1) is 0 Å². The van der Waals surface area contributed by atoms with E-state index >= 15 is 0 Å². The first-order valence-corrected chi connectivity index (χ1v) is 9.07. The van der Waals surface area contributed by atoms with Crippen molar-refractivity contribution in [1.82, 2.24) is 4.98 Å². The lowest BCUT2D eigenvalue weighted by atomic mass is 10.2. The fraction of sp³-hybridized carbons (Fsp3) is 0.158. The largest absolute Gasteiger partial charge is 0.497 e. The summed E-state index contributed by atoms with van der Waals surface area (Å²) in [5, 5.41) is 2.94. The summed E-state index contributed by atoms with van der Waals surface area (Å²) in [5.41, 5.74) is 1.19. The van der Waals surface area contributed by atoms with Crippen molar-refractivity contribution in [3.05, 3.63) is 64.6 Å². The number of esters is 1. The van der Waals surface area contributed by atoms with Crippen molar-refractivity contribution >= 4 is 28.9 Å². The molecule has 7 heteroatoms. The van der Waals surface area contributed by atoms with Crippen LogP contribution < -0.4 is 9.47 Å². The molecule has 0 fully saturated rings. The number of nitrogens with zero attached hydrogens (tertiary/aromatic N) is 1. The standard InChI is InChI=1S/C19H16ClNO4S/c1-23-14-8-6-13(7-9-14)18-21-16(12-26-18)19(22)25-11-10-24-17-5-3-2-4-15(17)20/h2-9,12H,10-11H2,1H3. The van der Waals surface area contributed by atoms with Gasteiger partial charge in [0.2, 0.25) is 0 Å². The summed E-state index contributed by atoms with van der Waals surface area (Å²) < 4.78 is 15.8. The number of rotatable bonds is 7. The van der Waals surface area contributed by atoms with E-state index in [4.69, 9.17) is 25.8 Å². The molecule has 3 aromatic rings. The number of methoxy groups -OCH3 is 1. The molecule has 134 valence electrons. The molecule has 2 aromatic carbocycles. The van der Waals surface area contributed by atoms with E-state index in [9.17, 15) is 4.79 Å². The van der Waals surface area contributed by atoms with Crippen LogP contribution in [0.4, 0.5) is 0 Å². The number of ether oxygens (including phenoxy) is 3. The fourth-order valence-electron chi connectivity index (χ4n) is 2.16. The Hall–Kier alpha value is -2.57. The number of carbonyl (C=O) groups is 1. The number of benzene rings is 2. The zero-order valence-corrected chi connectivity index (χ0v) is 15.5. The molecule has 0 amide bonds. The SMILES string of the molecule is COc1ccc(-c2nc(C(=O)OCCOc3ccccc3Cl)cs2)cc1. The van der Waals surface area contributed by atoms with Gasteiger partial charge in [0.1, 0.15) is 29.7 Å². The van der Waals surface area contributed by atoms with Crippen molar-refractivity contribution < 1.29 is 19.0 Å². The van der Waals surface area contributed by atoms with Gasteiger partial charge in [-0.1, -0.05) is 23.7 Å². The van der Waals surface area contributed by atoms with Gasteiger partial charge in [-0.2, -0.15) is 0 Å². The molecule has 0 unspecified atom stereocenters. The van der Waals surface area contributed by atoms with Gasteiger partial charge in [0.05, 0.1) is 12.1 Å². The van der Waals surface area contributed by atoms with Crippen LogP contribution in [0.15, 0.2) is 53.9 Å². The molecule has 0 bridgehead atoms. The first-order chi connectivity index (χ1) is 12.7. The lowest BCUT2D eigenvalue weighted by molar-refractivity contribution is 0.0445. The van der Waals surface area contributed by atoms with Crippen molar-refractivity contribution in [2.24, 2.45) is 0 Å². The summed E-state index contributed by atoms with van der Waals surface area (Å²) in [5.74, 6) is 0.841. The molecule has 1 heterocycles. The quantitative estimate of drug-likeness (QED) is 0.432. The molecule has 0 spiro atoms. The molecule has 26 heavy (non-hydrogen) atoms. The van der Waals surface area contributed by atoms with E-state index in [1.165, 1.54) is 11.3 Å². The Labute approximate surface area is 160 Å². The highest BCUT2D eigenvalue weighted by atomic mass is 35.5. The van der Waals surface area contributed by atoms with Crippen molar-refractivity contribution in [3.63, 3.8) is 0 Å². The molecule has 0 saturated heterocycles. The molecular formula is C19H16ClNO4S. The van der Waals surface area contributed by atoms with Crippen LogP contribution in [-0.2, 0) is 4.74 Å². The molecule has 0 saturated carbocycles. The van der Waals surface area contributed by atoms with Gasteiger partial charge in [0.15, 0.2) is 5.69 Å². The van der Waals surface area contributed by atoms with E-state index in [-0.39, 0.29) is 18.9 Å². The molecular weight excluding hydrogens is 374 g/mol. The van der Waals surface area contributed by atoms with Gasteiger partial charge in [-0.05, 0) is 36.4 Å². The van der Waals surface area contributed by atoms with Crippen molar-refractivity contribution in [2.45, 2.75) is 0 Å². The van der Waals surface area contributed by atoms with Crippen LogP contribution in [-0.4, -0.2) is 31.3 Å². The van der Waals surface area contributed by atoms with Gasteiger partial charge in [0.25, 0.3) is 0 Å². The number of aromatic nitrogens is 1. The van der Waals surface area contributed by atoms with Crippen LogP contribution >= 0.6 is 22.9 Å². The molecule has 0 aliphatic rings. The Morgan fingerprint density at radius 1 is 1.12 bits per heavy atom. The molecule has 0 N–H and O–H groups in total. The number of thiazole rings is 1. The molecule has 0 aliphatic heterocycles. The minimum atomic E-state index is -0.483. The maximum absolute atomic E-state index is 12.1. The number of halogens is 1. The van der Waals surface area contributed by atoms with Crippen LogP contribution in [0.3, 0.4) is 0 Å². The molecule has 3 rings (SSSR count). The maximum Gasteiger partial charge on any atom is 0.357 e. The average molecular weight is 390 g/mol. The first-order valence-electron chi connectivity index (χ1n) is 7.82. The fourth-order valence-corrected chi connectivity index (χ4v) is 3.14. The summed E-state index contributed by atoms with van der Waals surface area (Å²) in [7, 11) is 1.61. The molecule has 1 aromatic heterocycles. The van der Waals surface area contributed by atoms with Gasteiger partial charge < -0.3 is 14.2 Å². The highest BCUT2D eigenvalue weighted by Crippen LogP contribution is 2.26. The predicted octanol–water partition coefficient (Wildman–Crippen LogP) is 4.71. The first kappa shape index (κ1) is 18.2. The number of hydrogen-bond donors (Lipinski definition) is 0. The zero-order chi connectivity index (χ0) is 18.4. The van der Waals surface area contributed by atoms with E-state index in [0.29, 0.717) is 10.8 Å². The summed E-state index contributed by atoms with van der Waals surface area (Å²) in [6.45, 7) is 0.324. The van der Waals surface area contributed by atoms with Gasteiger partial charge in [-0.3, -0.25) is 0 Å². The second kappa shape index (κ2) is 8.69. The number of carbonyl (C=O) groups excluding carboxylic acids is 1. The molecule has 0 radical (unpaired) electrons. The van der Waals surface area contributed by atoms with Crippen LogP contribution in [0.25, 0.3) is 10.6 Å². The van der Waals surface area contributed by atoms with Crippen molar-refractivity contribution in [3.8, 4) is 22.1 Å². The van der Waals surface area contributed by atoms with E-state index < -0.39 is 5.97 Å². The minimum absolute atomic E-state index is 0.111. The van der Waals surface area contributed by atoms with Gasteiger partial charge >= 0.3 is 5.97 Å². The normalized spacial score (nSPS) is 10.4. The Balaban J connectivity index is 1.52. The van der Waals surface area contributed by atoms with E-state index in [1.807, 2.05) is 36.4 Å². The Morgan fingerprint density at radius 3 is 2.62 bits per heavy atom. The smallest absolute Gasteiger partial charge is 0.357 e. The van der Waals surface area contributed by atoms with Crippen LogP contribution in [0.1, 0.15) is 10.5 Å². The van der Waals surface area contributed by atoms with Crippen LogP contribution in [0.2, 0.25) is 5.02 Å². The molecule has 0 aliphatic carbocycles. The second-order valence-corrected chi connectivity index (χ2v) is 6.45. The average Bonchev–Trinajstić information content (AvgIpc) is 3.17. The minimum Gasteiger partial charge on any atom is -0.497 e. The van der Waals surface area contributed by atoms with Crippen LogP contribution in [0.5, 0.6) is 11.5 Å². The summed E-state index contributed by atoms with van der Waals surface area (Å²) in [6, 6.07) is 14.6. The maximum atomic E-state index is 12.1. The summed E-state index contributed by atoms with van der Waals surface area (Å²) in [6.07, 6.45) is 0.